The van der Waals surface area contributed by atoms with Gasteiger partial charge in [-0.15, -0.1) is 0 Å². The molecule has 4 amide bonds. The number of ether oxygens (including phenoxy) is 1. The molecule has 1 fully saturated rings. The van der Waals surface area contributed by atoms with E-state index in [2.05, 4.69) is 12.0 Å². The minimum absolute atomic E-state index is 0.204. The summed E-state index contributed by atoms with van der Waals surface area (Å²) in [7, 11) is 1.24. The number of imide groups is 1. The highest BCUT2D eigenvalue weighted by molar-refractivity contribution is 14.1. The van der Waals surface area contributed by atoms with Crippen molar-refractivity contribution in [1.82, 2.24) is 14.7 Å². The lowest BCUT2D eigenvalue weighted by molar-refractivity contribution is -0.137. The zero-order valence-corrected chi connectivity index (χ0v) is 16.4. The van der Waals surface area contributed by atoms with Crippen LogP contribution in [0.2, 0.25) is 0 Å². The molecule has 1 aliphatic rings. The smallest absolute Gasteiger partial charge is 0.423 e. The second kappa shape index (κ2) is 9.79. The normalized spacial score (nSPS) is 15.9. The topological polar surface area (TPSA) is 111 Å². The van der Waals surface area contributed by atoms with Gasteiger partial charge >= 0.3 is 12.1 Å². The van der Waals surface area contributed by atoms with E-state index in [4.69, 9.17) is 4.74 Å². The van der Waals surface area contributed by atoms with Crippen LogP contribution in [0.4, 0.5) is 9.59 Å². The first kappa shape index (κ1) is 21.5. The third-order valence-electron chi connectivity index (χ3n) is 3.77. The van der Waals surface area contributed by atoms with Gasteiger partial charge in [0.15, 0.2) is 5.54 Å². The summed E-state index contributed by atoms with van der Waals surface area (Å²) in [5.41, 5.74) is -1.83. The maximum Gasteiger partial charge on any atom is 0.423 e. The van der Waals surface area contributed by atoms with Crippen LogP contribution in [-0.2, 0) is 9.53 Å². The Balaban J connectivity index is 3.06. The second-order valence-corrected chi connectivity index (χ2v) is 6.14. The van der Waals surface area contributed by atoms with Crippen LogP contribution in [0.1, 0.15) is 19.8 Å². The molecule has 1 saturated heterocycles. The fourth-order valence-electron chi connectivity index (χ4n) is 2.22. The Morgan fingerprint density at radius 1 is 1.36 bits per heavy atom. The molecule has 140 valence electrons. The zero-order valence-electron chi connectivity index (χ0n) is 14.2. The maximum absolute atomic E-state index is 12.3. The summed E-state index contributed by atoms with van der Waals surface area (Å²) in [5.74, 6) is 1.95. The van der Waals surface area contributed by atoms with Crippen LogP contribution in [0.3, 0.4) is 0 Å². The Hall–Kier alpha value is -1.58. The molecule has 0 unspecified atom stereocenters. The summed E-state index contributed by atoms with van der Waals surface area (Å²) in [5, 5.41) is 19.2. The predicted octanol–water partition coefficient (Wildman–Crippen LogP) is 0.196. The molecule has 0 bridgehead atoms. The molecule has 0 radical (unpaired) electrons. The molecule has 0 aliphatic carbocycles. The van der Waals surface area contributed by atoms with E-state index in [1.165, 1.54) is 7.05 Å². The van der Waals surface area contributed by atoms with Crippen molar-refractivity contribution in [2.24, 2.45) is 0 Å². The van der Waals surface area contributed by atoms with Crippen LogP contribution >= 0.6 is 22.6 Å². The Morgan fingerprint density at radius 3 is 2.52 bits per heavy atom. The van der Waals surface area contributed by atoms with Crippen molar-refractivity contribution in [3.63, 3.8) is 0 Å². The van der Waals surface area contributed by atoms with Crippen molar-refractivity contribution >= 4 is 40.6 Å². The number of alkyl halides is 1. The first-order valence-corrected chi connectivity index (χ1v) is 9.22. The fraction of sp³-hybridized carbons (Fsp3) is 0.667. The number of rotatable bonds is 7. The minimum Gasteiger partial charge on any atom is -0.449 e. The van der Waals surface area contributed by atoms with Gasteiger partial charge in [0.1, 0.15) is 6.67 Å². The first-order chi connectivity index (χ1) is 11.9. The van der Waals surface area contributed by atoms with Crippen molar-refractivity contribution in [3.8, 4) is 12.0 Å². The highest BCUT2D eigenvalue weighted by atomic mass is 127. The van der Waals surface area contributed by atoms with Crippen LogP contribution in [-0.4, -0.2) is 86.4 Å². The monoisotopic (exact) mass is 467 g/mol. The quantitative estimate of drug-likeness (QED) is 0.138. The summed E-state index contributed by atoms with van der Waals surface area (Å²) in [6.07, 6.45) is 0.764. The van der Waals surface area contributed by atoms with Gasteiger partial charge in [0.2, 0.25) is 0 Å². The van der Waals surface area contributed by atoms with Gasteiger partial charge in [-0.05, 0) is 6.42 Å². The van der Waals surface area contributed by atoms with Crippen LogP contribution in [0.15, 0.2) is 0 Å². The third-order valence-corrected chi connectivity index (χ3v) is 4.15. The summed E-state index contributed by atoms with van der Waals surface area (Å²) in [6.45, 7) is 0.177. The van der Waals surface area contributed by atoms with E-state index in [0.29, 0.717) is 10.8 Å². The number of carbonyl (C=O) groups is 3. The molecule has 1 rings (SSSR count). The van der Waals surface area contributed by atoms with Crippen LogP contribution in [0.25, 0.3) is 0 Å². The van der Waals surface area contributed by atoms with Crippen molar-refractivity contribution in [3.05, 3.63) is 0 Å². The molecule has 25 heavy (non-hydrogen) atoms. The third kappa shape index (κ3) is 4.53. The lowest BCUT2D eigenvalue weighted by atomic mass is 10.0. The van der Waals surface area contributed by atoms with E-state index in [1.807, 2.05) is 29.5 Å². The molecule has 0 atom stereocenters. The van der Waals surface area contributed by atoms with Crippen molar-refractivity contribution in [2.75, 3.05) is 38.0 Å². The van der Waals surface area contributed by atoms with Gasteiger partial charge < -0.3 is 14.9 Å². The van der Waals surface area contributed by atoms with E-state index in [-0.39, 0.29) is 6.61 Å². The molecule has 2 N–H and O–H groups in total. The number of unbranched alkanes of at least 4 members (excludes halogenated alkanes) is 1. The predicted molar refractivity (Wildman–Crippen MR) is 96.5 cm³/mol. The number of aliphatic hydroxyl groups excluding tert-OH is 2. The van der Waals surface area contributed by atoms with Gasteiger partial charge in [-0.25, -0.2) is 14.5 Å². The molecule has 1 aliphatic heterocycles. The molecule has 0 saturated carbocycles. The molecule has 0 aromatic rings. The van der Waals surface area contributed by atoms with Gasteiger partial charge in [-0.1, -0.05) is 41.9 Å². The van der Waals surface area contributed by atoms with Crippen molar-refractivity contribution in [1.29, 1.82) is 0 Å². The Kier molecular flexibility index (Phi) is 8.40. The average Bonchev–Trinajstić information content (AvgIpc) is 2.79. The Labute approximate surface area is 160 Å². The zero-order chi connectivity index (χ0) is 19.0. The summed E-state index contributed by atoms with van der Waals surface area (Å²) in [6, 6.07) is 1.83. The molecule has 9 nitrogen and oxygen atoms in total. The van der Waals surface area contributed by atoms with Crippen molar-refractivity contribution in [2.45, 2.75) is 25.3 Å². The highest BCUT2D eigenvalue weighted by Gasteiger charge is 2.56. The number of halogens is 1. The number of amides is 4. The number of aliphatic hydroxyl groups is 2. The largest absolute Gasteiger partial charge is 0.449 e. The SMILES string of the molecule is CCCCOC(=O)N(C#CCI)CN1C(=O)N(C)C(=O)C1(CO)CO. The summed E-state index contributed by atoms with van der Waals surface area (Å²) >= 11 is 2.00. The van der Waals surface area contributed by atoms with E-state index in [9.17, 15) is 24.6 Å². The lowest BCUT2D eigenvalue weighted by Gasteiger charge is -2.33. The van der Waals surface area contributed by atoms with Gasteiger partial charge in [-0.2, -0.15) is 0 Å². The van der Waals surface area contributed by atoms with Gasteiger partial charge in [0, 0.05) is 13.1 Å². The first-order valence-electron chi connectivity index (χ1n) is 7.69. The van der Waals surface area contributed by atoms with E-state index >= 15 is 0 Å². The van der Waals surface area contributed by atoms with Crippen LogP contribution in [0, 0.1) is 12.0 Å². The molecular weight excluding hydrogens is 445 g/mol. The number of nitrogens with zero attached hydrogens (tertiary/aromatic N) is 3. The molecule has 10 heteroatoms. The van der Waals surface area contributed by atoms with E-state index < -0.39 is 43.5 Å². The highest BCUT2D eigenvalue weighted by Crippen LogP contribution is 2.27. The van der Waals surface area contributed by atoms with Gasteiger partial charge in [0.05, 0.1) is 24.2 Å². The molecule has 0 spiro atoms. The lowest BCUT2D eigenvalue weighted by Crippen LogP contribution is -2.58. The van der Waals surface area contributed by atoms with Gasteiger partial charge in [0.25, 0.3) is 5.91 Å². The van der Waals surface area contributed by atoms with E-state index in [0.717, 1.165) is 21.1 Å². The fourth-order valence-corrected chi connectivity index (χ4v) is 2.39. The van der Waals surface area contributed by atoms with E-state index in [1.54, 1.807) is 0 Å². The van der Waals surface area contributed by atoms with Crippen LogP contribution in [0.5, 0.6) is 0 Å². The molecule has 1 heterocycles. The maximum atomic E-state index is 12.3. The number of likely N-dealkylation sites (N-methyl/N-ethyl adjacent to an activating group) is 1. The van der Waals surface area contributed by atoms with Crippen molar-refractivity contribution < 1.29 is 29.3 Å². The molecule has 0 aromatic carbocycles. The number of hydrogen-bond donors (Lipinski definition) is 2. The summed E-state index contributed by atoms with van der Waals surface area (Å²) in [4.78, 5) is 39.5. The molecule has 0 aromatic heterocycles. The van der Waals surface area contributed by atoms with Crippen LogP contribution < -0.4 is 0 Å². The number of hydrogen-bond acceptors (Lipinski definition) is 6. The molecular formula is C15H22IN3O6. The average molecular weight is 467 g/mol. The second-order valence-electron chi connectivity index (χ2n) is 5.38. The standard InChI is InChI=1S/C15H22IN3O6/c1-3-4-8-25-14(24)18(7-5-6-16)11-19-13(23)17(2)12(22)15(19,9-20)10-21/h20-21H,3-4,6,8-11H2,1-2H3. The van der Waals surface area contributed by atoms with Gasteiger partial charge in [-0.3, -0.25) is 14.6 Å². The Bertz CT molecular complexity index is 569. The summed E-state index contributed by atoms with van der Waals surface area (Å²) < 4.78 is 5.54. The number of urea groups is 1. The number of carbonyl (C=O) groups excluding carboxylic acids is 3. The minimum atomic E-state index is -1.83. The Morgan fingerprint density at radius 2 is 2.00 bits per heavy atom.